The molecule has 0 saturated carbocycles. The van der Waals surface area contributed by atoms with E-state index in [1.165, 1.54) is 6.42 Å². The Morgan fingerprint density at radius 3 is 2.87 bits per heavy atom. The summed E-state index contributed by atoms with van der Waals surface area (Å²) in [5.41, 5.74) is 0. The molecule has 1 aliphatic heterocycles. The van der Waals surface area contributed by atoms with Gasteiger partial charge in [-0.2, -0.15) is 0 Å². The quantitative estimate of drug-likeness (QED) is 0.745. The van der Waals surface area contributed by atoms with Gasteiger partial charge < -0.3 is 9.32 Å². The van der Waals surface area contributed by atoms with Crippen molar-refractivity contribution >= 4 is 17.6 Å². The molecule has 1 saturated heterocycles. The Bertz CT molecular complexity index is 328. The number of aromatic nitrogens is 2. The summed E-state index contributed by atoms with van der Waals surface area (Å²) >= 11 is 5.62. The van der Waals surface area contributed by atoms with Crippen molar-refractivity contribution in [1.29, 1.82) is 0 Å². The van der Waals surface area contributed by atoms with Gasteiger partial charge in [-0.15, -0.1) is 16.7 Å². The molecule has 0 aliphatic carbocycles. The highest BCUT2D eigenvalue weighted by molar-refractivity contribution is 6.17. The van der Waals surface area contributed by atoms with Crippen LogP contribution in [-0.2, 0) is 6.42 Å². The molecule has 2 unspecified atom stereocenters. The van der Waals surface area contributed by atoms with Gasteiger partial charge in [0, 0.05) is 24.9 Å². The maximum atomic E-state index is 5.62. The maximum absolute atomic E-state index is 5.62. The van der Waals surface area contributed by atoms with Gasteiger partial charge in [-0.3, -0.25) is 0 Å². The van der Waals surface area contributed by atoms with E-state index in [0.29, 0.717) is 36.2 Å². The highest BCUT2D eigenvalue weighted by atomic mass is 35.5. The first-order chi connectivity index (χ1) is 7.20. The average Bonchev–Trinajstić information content (AvgIpc) is 2.73. The molecule has 0 N–H and O–H groups in total. The molecule has 0 bridgehead atoms. The van der Waals surface area contributed by atoms with Gasteiger partial charge in [-0.05, 0) is 19.3 Å². The van der Waals surface area contributed by atoms with Gasteiger partial charge in [0.15, 0.2) is 0 Å². The van der Waals surface area contributed by atoms with Gasteiger partial charge in [0.1, 0.15) is 0 Å². The number of nitrogens with zero attached hydrogens (tertiary/aromatic N) is 3. The molecule has 15 heavy (non-hydrogen) atoms. The molecule has 2 atom stereocenters. The molecule has 4 nitrogen and oxygen atoms in total. The molecular weight excluding hydrogens is 214 g/mol. The van der Waals surface area contributed by atoms with E-state index >= 15 is 0 Å². The summed E-state index contributed by atoms with van der Waals surface area (Å²) in [7, 11) is 0. The Labute approximate surface area is 94.6 Å². The van der Waals surface area contributed by atoms with Crippen LogP contribution in [0.4, 0.5) is 6.01 Å². The van der Waals surface area contributed by atoms with Gasteiger partial charge in [0.05, 0.1) is 0 Å². The fourth-order valence-corrected chi connectivity index (χ4v) is 2.27. The molecule has 0 radical (unpaired) electrons. The molecule has 0 spiro atoms. The van der Waals surface area contributed by atoms with E-state index in [9.17, 15) is 0 Å². The molecule has 1 aromatic heterocycles. The van der Waals surface area contributed by atoms with E-state index in [0.717, 1.165) is 6.54 Å². The van der Waals surface area contributed by atoms with Crippen LogP contribution in [0.15, 0.2) is 4.42 Å². The molecule has 2 heterocycles. The largest absolute Gasteiger partial charge is 0.408 e. The number of hydrogen-bond donors (Lipinski definition) is 0. The molecule has 1 fully saturated rings. The van der Waals surface area contributed by atoms with Crippen molar-refractivity contribution in [3.8, 4) is 0 Å². The van der Waals surface area contributed by atoms with Gasteiger partial charge >= 0.3 is 6.01 Å². The Balaban J connectivity index is 2.08. The second-order valence-electron chi connectivity index (χ2n) is 4.26. The third-order valence-corrected chi connectivity index (χ3v) is 2.98. The zero-order valence-corrected chi connectivity index (χ0v) is 9.87. The minimum absolute atomic E-state index is 0.490. The Kier molecular flexibility index (Phi) is 3.14. The minimum Gasteiger partial charge on any atom is -0.408 e. The lowest BCUT2D eigenvalue weighted by molar-refractivity contribution is 0.486. The molecule has 5 heteroatoms. The highest BCUT2D eigenvalue weighted by Crippen LogP contribution is 2.27. The van der Waals surface area contributed by atoms with Crippen molar-refractivity contribution in [3.63, 3.8) is 0 Å². The predicted molar refractivity (Wildman–Crippen MR) is 59.3 cm³/mol. The zero-order valence-electron chi connectivity index (χ0n) is 9.11. The van der Waals surface area contributed by atoms with Crippen molar-refractivity contribution in [2.24, 2.45) is 5.92 Å². The van der Waals surface area contributed by atoms with E-state index in [-0.39, 0.29) is 0 Å². The van der Waals surface area contributed by atoms with Crippen molar-refractivity contribution in [2.75, 3.05) is 17.3 Å². The third kappa shape index (κ3) is 2.25. The number of aryl methyl sites for hydroxylation is 1. The fraction of sp³-hybridized carbons (Fsp3) is 0.800. The summed E-state index contributed by atoms with van der Waals surface area (Å²) in [6, 6.07) is 1.14. The first-order valence-electron chi connectivity index (χ1n) is 5.35. The van der Waals surface area contributed by atoms with Gasteiger partial charge in [0.2, 0.25) is 5.89 Å². The average molecular weight is 230 g/mol. The molecule has 84 valence electrons. The van der Waals surface area contributed by atoms with Crippen molar-refractivity contribution in [3.05, 3.63) is 5.89 Å². The minimum atomic E-state index is 0.490. The first kappa shape index (κ1) is 10.7. The van der Waals surface area contributed by atoms with Crippen LogP contribution in [0.25, 0.3) is 0 Å². The highest BCUT2D eigenvalue weighted by Gasteiger charge is 2.29. The summed E-state index contributed by atoms with van der Waals surface area (Å²) in [6.45, 7) is 5.44. The van der Waals surface area contributed by atoms with Crippen LogP contribution in [0.3, 0.4) is 0 Å². The second kappa shape index (κ2) is 4.39. The fourth-order valence-electron chi connectivity index (χ4n) is 2.11. The van der Waals surface area contributed by atoms with Crippen LogP contribution in [0.5, 0.6) is 0 Å². The van der Waals surface area contributed by atoms with Gasteiger partial charge in [-0.25, -0.2) is 0 Å². The molecular formula is C10H16ClN3O. The number of rotatable bonds is 3. The van der Waals surface area contributed by atoms with Crippen LogP contribution in [-0.4, -0.2) is 28.7 Å². The first-order valence-corrected chi connectivity index (χ1v) is 5.89. The lowest BCUT2D eigenvalue weighted by Crippen LogP contribution is -2.26. The van der Waals surface area contributed by atoms with E-state index in [4.69, 9.17) is 16.0 Å². The molecule has 2 rings (SSSR count). The van der Waals surface area contributed by atoms with Crippen LogP contribution in [0.1, 0.15) is 26.2 Å². The standard InChI is InChI=1S/C10H16ClN3O/c1-7-5-8(2)14(6-7)10-13-12-9(15-10)3-4-11/h7-8H,3-6H2,1-2H3. The van der Waals surface area contributed by atoms with Crippen molar-refractivity contribution in [2.45, 2.75) is 32.7 Å². The Morgan fingerprint density at radius 1 is 1.47 bits per heavy atom. The Hall–Kier alpha value is -0.770. The molecule has 0 aromatic carbocycles. The molecule has 0 amide bonds. The van der Waals surface area contributed by atoms with E-state index < -0.39 is 0 Å². The van der Waals surface area contributed by atoms with E-state index in [1.54, 1.807) is 0 Å². The number of anilines is 1. The van der Waals surface area contributed by atoms with Crippen molar-refractivity contribution in [1.82, 2.24) is 10.2 Å². The summed E-state index contributed by atoms with van der Waals surface area (Å²) < 4.78 is 5.55. The normalized spacial score (nSPS) is 26.2. The predicted octanol–water partition coefficient (Wildman–Crippen LogP) is 2.09. The van der Waals surface area contributed by atoms with E-state index in [2.05, 4.69) is 28.9 Å². The SMILES string of the molecule is CC1CC(C)N(c2nnc(CCCl)o2)C1. The monoisotopic (exact) mass is 229 g/mol. The van der Waals surface area contributed by atoms with Crippen molar-refractivity contribution < 1.29 is 4.42 Å². The summed E-state index contributed by atoms with van der Waals surface area (Å²) in [5, 5.41) is 8.02. The van der Waals surface area contributed by atoms with Crippen LogP contribution in [0.2, 0.25) is 0 Å². The molecule has 1 aliphatic rings. The lowest BCUT2D eigenvalue weighted by Gasteiger charge is -2.17. The van der Waals surface area contributed by atoms with Gasteiger partial charge in [-0.1, -0.05) is 12.0 Å². The second-order valence-corrected chi connectivity index (χ2v) is 4.64. The molecule has 1 aromatic rings. The summed E-state index contributed by atoms with van der Waals surface area (Å²) in [6.07, 6.45) is 1.83. The zero-order chi connectivity index (χ0) is 10.8. The number of hydrogen-bond acceptors (Lipinski definition) is 4. The number of halogens is 1. The van der Waals surface area contributed by atoms with E-state index in [1.807, 2.05) is 0 Å². The summed E-state index contributed by atoms with van der Waals surface area (Å²) in [5.74, 6) is 1.85. The third-order valence-electron chi connectivity index (χ3n) is 2.79. The topological polar surface area (TPSA) is 42.2 Å². The Morgan fingerprint density at radius 2 is 2.27 bits per heavy atom. The van der Waals surface area contributed by atoms with Gasteiger partial charge in [0.25, 0.3) is 0 Å². The van der Waals surface area contributed by atoms with Crippen LogP contribution < -0.4 is 4.90 Å². The number of alkyl halides is 1. The smallest absolute Gasteiger partial charge is 0.318 e. The lowest BCUT2D eigenvalue weighted by atomic mass is 10.1. The van der Waals surface area contributed by atoms with Crippen LogP contribution >= 0.6 is 11.6 Å². The summed E-state index contributed by atoms with van der Waals surface area (Å²) in [4.78, 5) is 2.18. The maximum Gasteiger partial charge on any atom is 0.318 e. The van der Waals surface area contributed by atoms with Crippen LogP contribution in [0, 0.1) is 5.92 Å².